The van der Waals surface area contributed by atoms with Crippen molar-refractivity contribution < 1.29 is 8.42 Å². The highest BCUT2D eigenvalue weighted by Gasteiger charge is 2.24. The first kappa shape index (κ1) is 16.2. The molecule has 3 nitrogen and oxygen atoms in total. The predicted molar refractivity (Wildman–Crippen MR) is 80.5 cm³/mol. The first-order valence-corrected chi connectivity index (χ1v) is 8.74. The van der Waals surface area contributed by atoms with Gasteiger partial charge in [-0.2, -0.15) is 0 Å². The highest BCUT2D eigenvalue weighted by Crippen LogP contribution is 2.28. The Hall–Kier alpha value is -0.870. The molecular weight excluding hydrogens is 258 g/mol. The molecule has 0 fully saturated rings. The lowest BCUT2D eigenvalue weighted by Gasteiger charge is -2.26. The third-order valence-corrected chi connectivity index (χ3v) is 5.02. The highest BCUT2D eigenvalue weighted by molar-refractivity contribution is 7.89. The maximum Gasteiger partial charge on any atom is 0.212 e. The molecule has 0 aromatic heterocycles. The summed E-state index contributed by atoms with van der Waals surface area (Å²) in [6.07, 6.45) is 2.56. The Morgan fingerprint density at radius 1 is 1.05 bits per heavy atom. The zero-order valence-corrected chi connectivity index (χ0v) is 12.9. The second-order valence-electron chi connectivity index (χ2n) is 4.90. The quantitative estimate of drug-likeness (QED) is 0.793. The summed E-state index contributed by atoms with van der Waals surface area (Å²) in [5.41, 5.74) is 1.05. The molecule has 0 spiro atoms. The van der Waals surface area contributed by atoms with Crippen LogP contribution >= 0.6 is 0 Å². The first-order valence-electron chi connectivity index (χ1n) is 7.09. The van der Waals surface area contributed by atoms with E-state index in [4.69, 9.17) is 0 Å². The molecule has 1 unspecified atom stereocenters. The van der Waals surface area contributed by atoms with Crippen LogP contribution in [-0.4, -0.2) is 14.2 Å². The van der Waals surface area contributed by atoms with Crippen molar-refractivity contribution in [2.45, 2.75) is 46.1 Å². The summed E-state index contributed by atoms with van der Waals surface area (Å²) in [7, 11) is -3.19. The molecule has 1 atom stereocenters. The monoisotopic (exact) mass is 283 g/mol. The second-order valence-corrected chi connectivity index (χ2v) is 6.78. The van der Waals surface area contributed by atoms with Gasteiger partial charge < -0.3 is 0 Å². The molecule has 0 aliphatic heterocycles. The van der Waals surface area contributed by atoms with E-state index in [1.54, 1.807) is 0 Å². The average Bonchev–Trinajstić information content (AvgIpc) is 2.39. The molecule has 0 saturated heterocycles. The minimum absolute atomic E-state index is 0.118. The molecule has 0 amide bonds. The number of nitrogens with one attached hydrogen (secondary N) is 1. The molecule has 108 valence electrons. The van der Waals surface area contributed by atoms with Crippen LogP contribution in [-0.2, 0) is 10.0 Å². The Bertz CT molecular complexity index is 452. The second kappa shape index (κ2) is 7.65. The standard InChI is InChI=1S/C15H25NO2S/c1-4-12-19(17,18)16-15(13(5-2)6-3)14-10-8-7-9-11-14/h7-11,13,15-16H,4-6,12H2,1-3H3. The minimum atomic E-state index is -3.19. The van der Waals surface area contributed by atoms with Crippen LogP contribution in [0.1, 0.15) is 51.6 Å². The lowest BCUT2D eigenvalue weighted by molar-refractivity contribution is 0.378. The van der Waals surface area contributed by atoms with Gasteiger partial charge in [0.25, 0.3) is 0 Å². The highest BCUT2D eigenvalue weighted by atomic mass is 32.2. The molecule has 0 aliphatic carbocycles. The van der Waals surface area contributed by atoms with Crippen LogP contribution in [0.5, 0.6) is 0 Å². The number of sulfonamides is 1. The molecule has 19 heavy (non-hydrogen) atoms. The van der Waals surface area contributed by atoms with Gasteiger partial charge in [-0.15, -0.1) is 0 Å². The molecule has 1 aromatic carbocycles. The third kappa shape index (κ3) is 4.96. The summed E-state index contributed by atoms with van der Waals surface area (Å²) < 4.78 is 27.0. The summed E-state index contributed by atoms with van der Waals surface area (Å²) in [6, 6.07) is 9.74. The number of benzene rings is 1. The van der Waals surface area contributed by atoms with E-state index in [1.807, 2.05) is 37.3 Å². The van der Waals surface area contributed by atoms with Gasteiger partial charge in [-0.25, -0.2) is 13.1 Å². The molecular formula is C15H25NO2S. The van der Waals surface area contributed by atoms with Crippen molar-refractivity contribution in [2.24, 2.45) is 5.92 Å². The molecule has 0 aliphatic rings. The lowest BCUT2D eigenvalue weighted by Crippen LogP contribution is -2.34. The third-order valence-electron chi connectivity index (χ3n) is 3.46. The van der Waals surface area contributed by atoms with E-state index in [0.717, 1.165) is 18.4 Å². The number of hydrogen-bond donors (Lipinski definition) is 1. The zero-order valence-electron chi connectivity index (χ0n) is 12.1. The smallest absolute Gasteiger partial charge is 0.212 e. The minimum Gasteiger partial charge on any atom is -0.212 e. The summed E-state index contributed by atoms with van der Waals surface area (Å²) in [6.45, 7) is 6.10. The van der Waals surface area contributed by atoms with E-state index < -0.39 is 10.0 Å². The van der Waals surface area contributed by atoms with Gasteiger partial charge in [0.1, 0.15) is 0 Å². The van der Waals surface area contributed by atoms with Crippen LogP contribution in [0.15, 0.2) is 30.3 Å². The SMILES string of the molecule is CCCS(=O)(=O)NC(c1ccccc1)C(CC)CC. The van der Waals surface area contributed by atoms with Crippen molar-refractivity contribution in [1.82, 2.24) is 4.72 Å². The first-order chi connectivity index (χ1) is 9.04. The summed E-state index contributed by atoms with van der Waals surface area (Å²) in [5, 5.41) is 0. The Balaban J connectivity index is 3.00. The Morgan fingerprint density at radius 3 is 2.11 bits per heavy atom. The van der Waals surface area contributed by atoms with E-state index in [2.05, 4.69) is 18.6 Å². The van der Waals surface area contributed by atoms with Gasteiger partial charge in [0, 0.05) is 6.04 Å². The largest absolute Gasteiger partial charge is 0.212 e. The van der Waals surface area contributed by atoms with Gasteiger partial charge >= 0.3 is 0 Å². The van der Waals surface area contributed by atoms with Gasteiger partial charge in [0.05, 0.1) is 5.75 Å². The van der Waals surface area contributed by atoms with Crippen LogP contribution < -0.4 is 4.72 Å². The van der Waals surface area contributed by atoms with Crippen molar-refractivity contribution in [3.05, 3.63) is 35.9 Å². The number of hydrogen-bond acceptors (Lipinski definition) is 2. The molecule has 0 bridgehead atoms. The maximum absolute atomic E-state index is 12.0. The predicted octanol–water partition coefficient (Wildman–Crippen LogP) is 3.49. The fourth-order valence-electron chi connectivity index (χ4n) is 2.38. The number of rotatable bonds is 8. The van der Waals surface area contributed by atoms with E-state index in [-0.39, 0.29) is 11.8 Å². The van der Waals surface area contributed by atoms with E-state index in [0.29, 0.717) is 12.3 Å². The van der Waals surface area contributed by atoms with Crippen molar-refractivity contribution >= 4 is 10.0 Å². The van der Waals surface area contributed by atoms with Gasteiger partial charge in [-0.3, -0.25) is 0 Å². The molecule has 1 N–H and O–H groups in total. The van der Waals surface area contributed by atoms with Crippen molar-refractivity contribution in [3.8, 4) is 0 Å². The van der Waals surface area contributed by atoms with Crippen molar-refractivity contribution in [2.75, 3.05) is 5.75 Å². The van der Waals surface area contributed by atoms with Gasteiger partial charge in [-0.1, -0.05) is 63.9 Å². The molecule has 1 rings (SSSR count). The van der Waals surface area contributed by atoms with Gasteiger partial charge in [-0.05, 0) is 17.9 Å². The normalized spacial score (nSPS) is 13.7. The van der Waals surface area contributed by atoms with E-state index >= 15 is 0 Å². The van der Waals surface area contributed by atoms with Crippen LogP contribution in [0.25, 0.3) is 0 Å². The lowest BCUT2D eigenvalue weighted by atomic mass is 9.90. The summed E-state index contributed by atoms with van der Waals surface area (Å²) in [5.74, 6) is 0.519. The molecule has 0 saturated carbocycles. The Morgan fingerprint density at radius 2 is 1.63 bits per heavy atom. The van der Waals surface area contributed by atoms with E-state index in [1.165, 1.54) is 0 Å². The van der Waals surface area contributed by atoms with Crippen LogP contribution in [0.3, 0.4) is 0 Å². The zero-order chi connectivity index (χ0) is 14.3. The van der Waals surface area contributed by atoms with Crippen LogP contribution in [0, 0.1) is 5.92 Å². The molecule has 1 aromatic rings. The fraction of sp³-hybridized carbons (Fsp3) is 0.600. The van der Waals surface area contributed by atoms with Crippen molar-refractivity contribution in [1.29, 1.82) is 0 Å². The van der Waals surface area contributed by atoms with E-state index in [9.17, 15) is 8.42 Å². The van der Waals surface area contributed by atoms with Crippen LogP contribution in [0.4, 0.5) is 0 Å². The summed E-state index contributed by atoms with van der Waals surface area (Å²) >= 11 is 0. The topological polar surface area (TPSA) is 46.2 Å². The maximum atomic E-state index is 12.0. The Labute approximate surface area is 117 Å². The van der Waals surface area contributed by atoms with Crippen LogP contribution in [0.2, 0.25) is 0 Å². The van der Waals surface area contributed by atoms with Crippen molar-refractivity contribution in [3.63, 3.8) is 0 Å². The van der Waals surface area contributed by atoms with Gasteiger partial charge in [0.15, 0.2) is 0 Å². The Kier molecular flexibility index (Phi) is 6.52. The molecule has 0 heterocycles. The fourth-order valence-corrected chi connectivity index (χ4v) is 3.75. The van der Waals surface area contributed by atoms with Gasteiger partial charge in [0.2, 0.25) is 10.0 Å². The average molecular weight is 283 g/mol. The summed E-state index contributed by atoms with van der Waals surface area (Å²) in [4.78, 5) is 0. The molecule has 0 radical (unpaired) electrons. The molecule has 4 heteroatoms.